The van der Waals surface area contributed by atoms with E-state index >= 15 is 0 Å². The van der Waals surface area contributed by atoms with E-state index in [4.69, 9.17) is 15.1 Å². The van der Waals surface area contributed by atoms with Gasteiger partial charge in [-0.3, -0.25) is 4.79 Å². The molecule has 1 atom stereocenters. The first-order valence-corrected chi connectivity index (χ1v) is 13.0. The van der Waals surface area contributed by atoms with Crippen LogP contribution in [0.5, 0.6) is 0 Å². The molecule has 40 heavy (non-hydrogen) atoms. The molecule has 1 aliphatic heterocycles. The summed E-state index contributed by atoms with van der Waals surface area (Å²) in [5, 5.41) is 19.7. The number of nitrogens with zero attached hydrogens (tertiary/aromatic N) is 5. The number of carboxylic acid groups (broad SMARTS) is 1. The number of hydrogen-bond acceptors (Lipinski definition) is 7. The molecule has 0 saturated carbocycles. The van der Waals surface area contributed by atoms with Crippen LogP contribution in [0.15, 0.2) is 85.2 Å². The molecule has 1 unspecified atom stereocenters. The van der Waals surface area contributed by atoms with E-state index in [0.717, 1.165) is 29.4 Å². The van der Waals surface area contributed by atoms with E-state index in [-0.39, 0.29) is 11.5 Å². The Morgan fingerprint density at radius 2 is 1.80 bits per heavy atom. The lowest BCUT2D eigenvalue weighted by Crippen LogP contribution is -2.27. The van der Waals surface area contributed by atoms with Gasteiger partial charge in [0, 0.05) is 29.4 Å². The van der Waals surface area contributed by atoms with Crippen molar-refractivity contribution >= 4 is 40.5 Å². The van der Waals surface area contributed by atoms with Crippen LogP contribution in [0.4, 0.5) is 23.0 Å². The maximum absolute atomic E-state index is 12.9. The van der Waals surface area contributed by atoms with Crippen LogP contribution >= 0.6 is 0 Å². The number of carbonyl (C=O) groups excluding carboxylic acids is 1. The van der Waals surface area contributed by atoms with Gasteiger partial charge in [0.25, 0.3) is 5.91 Å². The van der Waals surface area contributed by atoms with E-state index in [1.807, 2.05) is 36.5 Å². The van der Waals surface area contributed by atoms with Gasteiger partial charge in [0.1, 0.15) is 11.6 Å². The van der Waals surface area contributed by atoms with Crippen molar-refractivity contribution in [3.05, 3.63) is 96.3 Å². The van der Waals surface area contributed by atoms with Crippen molar-refractivity contribution < 1.29 is 14.7 Å². The number of hydrogen-bond donors (Lipinski definition) is 3. The average molecular weight is 534 g/mol. The average Bonchev–Trinajstić information content (AvgIpc) is 3.60. The molecular weight excluding hydrogens is 506 g/mol. The van der Waals surface area contributed by atoms with E-state index in [2.05, 4.69) is 27.6 Å². The van der Waals surface area contributed by atoms with E-state index < -0.39 is 5.97 Å². The van der Waals surface area contributed by atoms with Crippen molar-refractivity contribution in [3.63, 3.8) is 0 Å². The summed E-state index contributed by atoms with van der Waals surface area (Å²) in [4.78, 5) is 36.0. The van der Waals surface area contributed by atoms with Gasteiger partial charge in [0.15, 0.2) is 5.65 Å². The number of imidazole rings is 1. The molecule has 3 aromatic heterocycles. The fourth-order valence-corrected chi connectivity index (χ4v) is 4.92. The number of fused-ring (bicyclic) bond motifs is 1. The topological polar surface area (TPSA) is 125 Å². The molecule has 0 aliphatic carbocycles. The molecule has 1 fully saturated rings. The van der Waals surface area contributed by atoms with Crippen molar-refractivity contribution in [3.8, 4) is 11.3 Å². The van der Waals surface area contributed by atoms with Gasteiger partial charge >= 0.3 is 5.97 Å². The minimum absolute atomic E-state index is 0.152. The molecule has 1 aliphatic rings. The molecule has 2 aromatic carbocycles. The zero-order chi connectivity index (χ0) is 27.6. The van der Waals surface area contributed by atoms with Crippen LogP contribution in [0.3, 0.4) is 0 Å². The summed E-state index contributed by atoms with van der Waals surface area (Å²) in [6.07, 6.45) is 5.86. The Morgan fingerprint density at radius 1 is 0.975 bits per heavy atom. The molecule has 0 bridgehead atoms. The molecule has 10 nitrogen and oxygen atoms in total. The molecule has 6 rings (SSSR count). The SMILES string of the molecule is CC1CCCN1c1cccc(Nc2ccnn3cc(-c4cccc(C(=O)Nc5ccc(C(=O)O)cc5)c4)nc23)n1. The van der Waals surface area contributed by atoms with Crippen LogP contribution in [-0.4, -0.2) is 49.2 Å². The summed E-state index contributed by atoms with van der Waals surface area (Å²) in [5.41, 5.74) is 3.92. The third-order valence-corrected chi connectivity index (χ3v) is 7.02. The monoisotopic (exact) mass is 533 g/mol. The fraction of sp³-hybridized carbons (Fsp3) is 0.167. The van der Waals surface area contributed by atoms with Crippen molar-refractivity contribution in [1.82, 2.24) is 19.6 Å². The highest BCUT2D eigenvalue weighted by Crippen LogP contribution is 2.28. The predicted molar refractivity (Wildman–Crippen MR) is 153 cm³/mol. The van der Waals surface area contributed by atoms with Crippen molar-refractivity contribution in [1.29, 1.82) is 0 Å². The van der Waals surface area contributed by atoms with Gasteiger partial charge < -0.3 is 20.6 Å². The first-order chi connectivity index (χ1) is 19.4. The zero-order valence-corrected chi connectivity index (χ0v) is 21.8. The molecule has 0 spiro atoms. The first kappa shape index (κ1) is 25.1. The smallest absolute Gasteiger partial charge is 0.335 e. The van der Waals surface area contributed by atoms with Crippen LogP contribution in [0.1, 0.15) is 40.5 Å². The number of rotatable bonds is 7. The summed E-state index contributed by atoms with van der Waals surface area (Å²) in [5.74, 6) is 0.348. The Kier molecular flexibility index (Phi) is 6.57. The highest BCUT2D eigenvalue weighted by Gasteiger charge is 2.21. The summed E-state index contributed by atoms with van der Waals surface area (Å²) >= 11 is 0. The second kappa shape index (κ2) is 10.5. The third-order valence-electron chi connectivity index (χ3n) is 7.02. The number of aromatic carboxylic acids is 1. The Labute approximate surface area is 230 Å². The van der Waals surface area contributed by atoms with Gasteiger partial charge in [0.05, 0.1) is 29.3 Å². The number of benzene rings is 2. The molecule has 10 heteroatoms. The van der Waals surface area contributed by atoms with E-state index in [1.54, 1.807) is 41.0 Å². The number of amides is 1. The molecule has 1 saturated heterocycles. The Bertz CT molecular complexity index is 1710. The Balaban J connectivity index is 1.23. The number of nitrogens with one attached hydrogen (secondary N) is 2. The third kappa shape index (κ3) is 5.06. The highest BCUT2D eigenvalue weighted by molar-refractivity contribution is 6.05. The maximum Gasteiger partial charge on any atom is 0.335 e. The summed E-state index contributed by atoms with van der Waals surface area (Å²) in [6, 6.07) is 21.5. The fourth-order valence-electron chi connectivity index (χ4n) is 4.92. The van der Waals surface area contributed by atoms with Gasteiger partial charge in [-0.05, 0) is 74.4 Å². The second-order valence-electron chi connectivity index (χ2n) is 9.75. The van der Waals surface area contributed by atoms with E-state index in [9.17, 15) is 9.59 Å². The first-order valence-electron chi connectivity index (χ1n) is 13.0. The normalized spacial score (nSPS) is 14.8. The molecule has 3 N–H and O–H groups in total. The number of carboxylic acids is 1. The lowest BCUT2D eigenvalue weighted by atomic mass is 10.1. The van der Waals surface area contributed by atoms with Crippen LogP contribution in [0.2, 0.25) is 0 Å². The molecule has 1 amide bonds. The molecule has 0 radical (unpaired) electrons. The Hall–Kier alpha value is -5.25. The molecule has 200 valence electrons. The van der Waals surface area contributed by atoms with Crippen LogP contribution < -0.4 is 15.5 Å². The number of aromatic nitrogens is 4. The largest absolute Gasteiger partial charge is 0.478 e. The van der Waals surface area contributed by atoms with Crippen LogP contribution in [-0.2, 0) is 0 Å². The number of carbonyl (C=O) groups is 2. The summed E-state index contributed by atoms with van der Waals surface area (Å²) in [6.45, 7) is 3.24. The lowest BCUT2D eigenvalue weighted by Gasteiger charge is -2.23. The van der Waals surface area contributed by atoms with Crippen LogP contribution in [0.25, 0.3) is 16.9 Å². The zero-order valence-electron chi connectivity index (χ0n) is 21.8. The summed E-state index contributed by atoms with van der Waals surface area (Å²) < 4.78 is 1.70. The number of pyridine rings is 1. The quantitative estimate of drug-likeness (QED) is 0.251. The minimum Gasteiger partial charge on any atom is -0.478 e. The van der Waals surface area contributed by atoms with Crippen LogP contribution in [0, 0.1) is 0 Å². The standard InChI is InChI=1S/C30H27N7O3/c1-19-5-4-16-36(19)27-9-3-8-26(35-27)33-24-14-15-31-37-18-25(34-28(24)37)21-6-2-7-22(17-21)29(38)32-23-12-10-20(11-13-23)30(39)40/h2-3,6-15,17-19H,4-5,16H2,1H3,(H,32,38)(H,33,35)(H,39,40). The molecular formula is C30H27N7O3. The van der Waals surface area contributed by atoms with Crippen molar-refractivity contribution in [2.24, 2.45) is 0 Å². The Morgan fingerprint density at radius 3 is 2.58 bits per heavy atom. The maximum atomic E-state index is 12.9. The lowest BCUT2D eigenvalue weighted by molar-refractivity contribution is 0.0696. The second-order valence-corrected chi connectivity index (χ2v) is 9.75. The van der Waals surface area contributed by atoms with E-state index in [1.165, 1.54) is 25.0 Å². The summed E-state index contributed by atoms with van der Waals surface area (Å²) in [7, 11) is 0. The molecule has 4 heterocycles. The van der Waals surface area contributed by atoms with Gasteiger partial charge in [-0.25, -0.2) is 19.3 Å². The predicted octanol–water partition coefficient (Wildman–Crippen LogP) is 5.47. The van der Waals surface area contributed by atoms with E-state index in [0.29, 0.717) is 28.6 Å². The van der Waals surface area contributed by atoms with Crippen molar-refractivity contribution in [2.75, 3.05) is 22.1 Å². The van der Waals surface area contributed by atoms with Gasteiger partial charge in [0.2, 0.25) is 0 Å². The van der Waals surface area contributed by atoms with Gasteiger partial charge in [-0.15, -0.1) is 0 Å². The highest BCUT2D eigenvalue weighted by atomic mass is 16.4. The molecule has 5 aromatic rings. The van der Waals surface area contributed by atoms with Gasteiger partial charge in [-0.1, -0.05) is 18.2 Å². The number of anilines is 4. The van der Waals surface area contributed by atoms with Crippen molar-refractivity contribution in [2.45, 2.75) is 25.8 Å². The van der Waals surface area contributed by atoms with Gasteiger partial charge in [-0.2, -0.15) is 5.10 Å². The minimum atomic E-state index is -1.02.